The van der Waals surface area contributed by atoms with Crippen LogP contribution in [0, 0.1) is 6.92 Å². The van der Waals surface area contributed by atoms with Crippen LogP contribution in [0.2, 0.25) is 0 Å². The number of aromatic nitrogens is 4. The lowest BCUT2D eigenvalue weighted by Crippen LogP contribution is -1.95. The molecule has 0 aromatic carbocycles. The third-order valence-corrected chi connectivity index (χ3v) is 1.36. The van der Waals surface area contributed by atoms with Crippen molar-refractivity contribution in [1.29, 1.82) is 0 Å². The van der Waals surface area contributed by atoms with E-state index in [1.165, 1.54) is 4.63 Å². The summed E-state index contributed by atoms with van der Waals surface area (Å²) >= 11 is 0. The predicted octanol–water partition coefficient (Wildman–Crippen LogP) is 0.0149. The van der Waals surface area contributed by atoms with Crippen molar-refractivity contribution in [3.05, 3.63) is 17.8 Å². The maximum absolute atomic E-state index is 5.36. The zero-order valence-corrected chi connectivity index (χ0v) is 6.02. The average Bonchev–Trinajstić information content (AvgIpc) is 2.27. The standard InChI is InChI=1S/C6H7N5/c1-4-2-3-5-8-6(7)10-11(5)9-4/h2-3H,1H3,(H2,7,10). The molecule has 5 nitrogen and oxygen atoms in total. The van der Waals surface area contributed by atoms with Gasteiger partial charge in [0.25, 0.3) is 0 Å². The van der Waals surface area contributed by atoms with Gasteiger partial charge in [0.1, 0.15) is 0 Å². The molecule has 0 aliphatic carbocycles. The van der Waals surface area contributed by atoms with E-state index in [9.17, 15) is 0 Å². The minimum absolute atomic E-state index is 0.253. The van der Waals surface area contributed by atoms with Crippen molar-refractivity contribution >= 4 is 11.6 Å². The SMILES string of the molecule is Cc1ccc2nc(N)nn2n1. The molecule has 0 saturated heterocycles. The smallest absolute Gasteiger partial charge is 0.242 e. The summed E-state index contributed by atoms with van der Waals surface area (Å²) in [4.78, 5) is 3.92. The van der Waals surface area contributed by atoms with E-state index in [0.717, 1.165) is 5.69 Å². The maximum atomic E-state index is 5.36. The van der Waals surface area contributed by atoms with Gasteiger partial charge in [0, 0.05) is 0 Å². The van der Waals surface area contributed by atoms with Gasteiger partial charge in [-0.2, -0.15) is 10.1 Å². The Morgan fingerprint density at radius 2 is 2.18 bits per heavy atom. The van der Waals surface area contributed by atoms with Gasteiger partial charge in [0.2, 0.25) is 5.95 Å². The Bertz CT molecular complexity index is 391. The molecule has 2 N–H and O–H groups in total. The summed E-state index contributed by atoms with van der Waals surface area (Å²) in [5, 5.41) is 7.91. The predicted molar refractivity (Wildman–Crippen MR) is 39.9 cm³/mol. The van der Waals surface area contributed by atoms with Crippen LogP contribution in [-0.2, 0) is 0 Å². The van der Waals surface area contributed by atoms with Crippen LogP contribution < -0.4 is 5.73 Å². The van der Waals surface area contributed by atoms with E-state index >= 15 is 0 Å². The number of nitrogen functional groups attached to an aromatic ring is 1. The van der Waals surface area contributed by atoms with Crippen LogP contribution in [0.5, 0.6) is 0 Å². The first-order valence-corrected chi connectivity index (χ1v) is 3.22. The Morgan fingerprint density at radius 3 is 3.00 bits per heavy atom. The molecule has 2 aromatic heterocycles. The van der Waals surface area contributed by atoms with Gasteiger partial charge >= 0.3 is 0 Å². The van der Waals surface area contributed by atoms with Gasteiger partial charge in [-0.1, -0.05) is 0 Å². The second-order valence-corrected chi connectivity index (χ2v) is 2.29. The Morgan fingerprint density at radius 1 is 1.36 bits per heavy atom. The highest BCUT2D eigenvalue weighted by Crippen LogP contribution is 2.00. The van der Waals surface area contributed by atoms with Crippen LogP contribution in [-0.4, -0.2) is 19.8 Å². The molecule has 0 amide bonds. The molecule has 0 fully saturated rings. The highest BCUT2D eigenvalue weighted by Gasteiger charge is 1.98. The fourth-order valence-corrected chi connectivity index (χ4v) is 0.888. The monoisotopic (exact) mass is 149 g/mol. The number of rotatable bonds is 0. The summed E-state index contributed by atoms with van der Waals surface area (Å²) in [6.45, 7) is 1.89. The van der Waals surface area contributed by atoms with Crippen LogP contribution in [0.25, 0.3) is 5.65 Å². The van der Waals surface area contributed by atoms with Crippen LogP contribution in [0.1, 0.15) is 5.69 Å². The van der Waals surface area contributed by atoms with E-state index in [1.807, 2.05) is 19.1 Å². The van der Waals surface area contributed by atoms with Crippen molar-refractivity contribution in [1.82, 2.24) is 19.8 Å². The molecular weight excluding hydrogens is 142 g/mol. The zero-order chi connectivity index (χ0) is 7.84. The van der Waals surface area contributed by atoms with Crippen LogP contribution in [0.4, 0.5) is 5.95 Å². The fourth-order valence-electron chi connectivity index (χ4n) is 0.888. The van der Waals surface area contributed by atoms with E-state index < -0.39 is 0 Å². The Labute approximate surface area is 62.9 Å². The molecule has 56 valence electrons. The van der Waals surface area contributed by atoms with Crippen molar-refractivity contribution in [2.24, 2.45) is 0 Å². The molecule has 0 aliphatic heterocycles. The van der Waals surface area contributed by atoms with E-state index in [-0.39, 0.29) is 5.95 Å². The quantitative estimate of drug-likeness (QED) is 0.573. The molecule has 0 bridgehead atoms. The lowest BCUT2D eigenvalue weighted by atomic mass is 10.4. The Balaban J connectivity index is 2.82. The van der Waals surface area contributed by atoms with Gasteiger partial charge in [0.05, 0.1) is 5.69 Å². The molecule has 5 heteroatoms. The largest absolute Gasteiger partial charge is 0.366 e. The number of anilines is 1. The van der Waals surface area contributed by atoms with Gasteiger partial charge in [-0.3, -0.25) is 0 Å². The summed E-state index contributed by atoms with van der Waals surface area (Å²) < 4.78 is 1.42. The van der Waals surface area contributed by atoms with Crippen molar-refractivity contribution in [3.63, 3.8) is 0 Å². The number of fused-ring (bicyclic) bond motifs is 1. The van der Waals surface area contributed by atoms with Crippen molar-refractivity contribution in [2.75, 3.05) is 5.73 Å². The minimum atomic E-state index is 0.253. The molecule has 2 heterocycles. The topological polar surface area (TPSA) is 69.1 Å². The molecule has 0 saturated carbocycles. The third kappa shape index (κ3) is 0.899. The van der Waals surface area contributed by atoms with Gasteiger partial charge < -0.3 is 5.73 Å². The van der Waals surface area contributed by atoms with Crippen molar-refractivity contribution in [3.8, 4) is 0 Å². The minimum Gasteiger partial charge on any atom is -0.366 e. The van der Waals surface area contributed by atoms with E-state index in [4.69, 9.17) is 5.73 Å². The molecule has 0 aliphatic rings. The molecule has 0 spiro atoms. The van der Waals surface area contributed by atoms with Crippen molar-refractivity contribution < 1.29 is 0 Å². The second-order valence-electron chi connectivity index (χ2n) is 2.29. The lowest BCUT2D eigenvalue weighted by Gasteiger charge is -1.89. The number of hydrogen-bond acceptors (Lipinski definition) is 4. The van der Waals surface area contributed by atoms with Gasteiger partial charge in [-0.15, -0.1) is 9.73 Å². The van der Waals surface area contributed by atoms with E-state index in [0.29, 0.717) is 5.65 Å². The van der Waals surface area contributed by atoms with E-state index in [1.54, 1.807) is 0 Å². The number of aryl methyl sites for hydroxylation is 1. The van der Waals surface area contributed by atoms with Crippen LogP contribution >= 0.6 is 0 Å². The van der Waals surface area contributed by atoms with Crippen LogP contribution in [0.3, 0.4) is 0 Å². The molecule has 0 unspecified atom stereocenters. The maximum Gasteiger partial charge on any atom is 0.242 e. The van der Waals surface area contributed by atoms with Crippen LogP contribution in [0.15, 0.2) is 12.1 Å². The number of hydrogen-bond donors (Lipinski definition) is 1. The van der Waals surface area contributed by atoms with Gasteiger partial charge in [-0.05, 0) is 19.1 Å². The Hall–Kier alpha value is -1.65. The average molecular weight is 149 g/mol. The normalized spacial score (nSPS) is 10.6. The first-order chi connectivity index (χ1) is 5.25. The second kappa shape index (κ2) is 1.91. The number of nitrogens with two attached hydrogens (primary N) is 1. The number of nitrogens with zero attached hydrogens (tertiary/aromatic N) is 4. The third-order valence-electron chi connectivity index (χ3n) is 1.36. The highest BCUT2D eigenvalue weighted by atomic mass is 15.5. The summed E-state index contributed by atoms with van der Waals surface area (Å²) in [6, 6.07) is 3.69. The molecule has 11 heavy (non-hydrogen) atoms. The summed E-state index contributed by atoms with van der Waals surface area (Å²) in [7, 11) is 0. The lowest BCUT2D eigenvalue weighted by molar-refractivity contribution is 0.785. The molecular formula is C6H7N5. The first kappa shape index (κ1) is 6.09. The highest BCUT2D eigenvalue weighted by molar-refractivity contribution is 5.39. The summed E-state index contributed by atoms with van der Waals surface area (Å²) in [6.07, 6.45) is 0. The summed E-state index contributed by atoms with van der Waals surface area (Å²) in [5.74, 6) is 0.253. The van der Waals surface area contributed by atoms with Gasteiger partial charge in [-0.25, -0.2) is 0 Å². The van der Waals surface area contributed by atoms with Crippen molar-refractivity contribution in [2.45, 2.75) is 6.92 Å². The molecule has 2 rings (SSSR count). The fraction of sp³-hybridized carbons (Fsp3) is 0.167. The Kier molecular flexibility index (Phi) is 1.06. The molecule has 0 radical (unpaired) electrons. The van der Waals surface area contributed by atoms with E-state index in [2.05, 4.69) is 15.2 Å². The summed E-state index contributed by atoms with van der Waals surface area (Å²) in [5.41, 5.74) is 6.92. The molecule has 2 aromatic rings. The molecule has 0 atom stereocenters. The van der Waals surface area contributed by atoms with Gasteiger partial charge in [0.15, 0.2) is 5.65 Å². The first-order valence-electron chi connectivity index (χ1n) is 3.22. The zero-order valence-electron chi connectivity index (χ0n) is 6.02.